The topological polar surface area (TPSA) is 78.9 Å². The van der Waals surface area contributed by atoms with Gasteiger partial charge in [0, 0.05) is 30.3 Å². The second-order valence-electron chi connectivity index (χ2n) is 7.68. The van der Waals surface area contributed by atoms with Crippen LogP contribution in [0.5, 0.6) is 5.75 Å². The Bertz CT molecular complexity index is 698. The summed E-state index contributed by atoms with van der Waals surface area (Å²) in [5.74, 6) is 1.37. The number of aliphatic carboxylic acids is 1. The lowest BCUT2D eigenvalue weighted by molar-refractivity contribution is -0.149. The Balaban J connectivity index is 1.46. The van der Waals surface area contributed by atoms with Crippen molar-refractivity contribution in [2.45, 2.75) is 31.1 Å². The molecule has 0 radical (unpaired) electrons. The average Bonchev–Trinajstić information content (AvgIpc) is 3.23. The second kappa shape index (κ2) is 8.42. The smallest absolute Gasteiger partial charge is 0.317 e. The molecular formula is C20H28N2O4S. The van der Waals surface area contributed by atoms with Crippen LogP contribution in [0.2, 0.25) is 0 Å². The molecule has 1 aliphatic carbocycles. The van der Waals surface area contributed by atoms with Crippen molar-refractivity contribution >= 4 is 23.8 Å². The zero-order chi connectivity index (χ0) is 19.4. The Morgan fingerprint density at radius 1 is 1.44 bits per heavy atom. The van der Waals surface area contributed by atoms with Crippen molar-refractivity contribution in [1.82, 2.24) is 10.2 Å². The van der Waals surface area contributed by atoms with Gasteiger partial charge in [-0.15, -0.1) is 11.8 Å². The lowest BCUT2D eigenvalue weighted by atomic mass is 9.81. The maximum atomic E-state index is 12.5. The number of nitrogens with one attached hydrogen (secondary N) is 1. The monoisotopic (exact) mass is 392 g/mol. The maximum absolute atomic E-state index is 12.5. The van der Waals surface area contributed by atoms with Crippen LogP contribution in [-0.2, 0) is 4.79 Å². The van der Waals surface area contributed by atoms with E-state index >= 15 is 0 Å². The quantitative estimate of drug-likeness (QED) is 0.696. The molecule has 0 aromatic heterocycles. The standard InChI is InChI=1S/C20H28N2O4S/c1-14(12-27-17-8-4-3-7-16(17)26-2)10-21-19(25)22-11-15-6-5-9-20(15,13-22)18(23)24/h3-4,7-8,14-15H,5-6,9-13H2,1-2H3,(H,21,25)(H,23,24)/t14?,15-,20+/m0/s1. The molecule has 6 nitrogen and oxygen atoms in total. The summed E-state index contributed by atoms with van der Waals surface area (Å²) >= 11 is 1.71. The third-order valence-electron chi connectivity index (χ3n) is 5.78. The van der Waals surface area contributed by atoms with Gasteiger partial charge in [-0.2, -0.15) is 0 Å². The first-order chi connectivity index (χ1) is 13.0. The van der Waals surface area contributed by atoms with Gasteiger partial charge in [0.05, 0.1) is 12.5 Å². The van der Waals surface area contributed by atoms with Gasteiger partial charge in [-0.1, -0.05) is 25.5 Å². The van der Waals surface area contributed by atoms with Crippen LogP contribution in [0.3, 0.4) is 0 Å². The van der Waals surface area contributed by atoms with Crippen LogP contribution in [-0.4, -0.2) is 54.5 Å². The number of carbonyl (C=O) groups excluding carboxylic acids is 1. The first kappa shape index (κ1) is 19.9. The number of urea groups is 1. The van der Waals surface area contributed by atoms with Gasteiger partial charge in [0.2, 0.25) is 0 Å². The van der Waals surface area contributed by atoms with E-state index in [-0.39, 0.29) is 11.9 Å². The maximum Gasteiger partial charge on any atom is 0.317 e. The van der Waals surface area contributed by atoms with Crippen LogP contribution in [0.1, 0.15) is 26.2 Å². The predicted octanol–water partition coefficient (Wildman–Crippen LogP) is 3.32. The van der Waals surface area contributed by atoms with Gasteiger partial charge in [-0.05, 0) is 36.8 Å². The van der Waals surface area contributed by atoms with Crippen molar-refractivity contribution in [1.29, 1.82) is 0 Å². The van der Waals surface area contributed by atoms with Crippen molar-refractivity contribution in [3.8, 4) is 5.75 Å². The number of rotatable bonds is 7. The molecule has 148 valence electrons. The summed E-state index contributed by atoms with van der Waals surface area (Å²) in [6, 6.07) is 7.77. The molecular weight excluding hydrogens is 364 g/mol. The number of fused-ring (bicyclic) bond motifs is 1. The molecule has 1 unspecified atom stereocenters. The lowest BCUT2D eigenvalue weighted by Gasteiger charge is -2.23. The largest absolute Gasteiger partial charge is 0.496 e. The highest BCUT2D eigenvalue weighted by atomic mass is 32.2. The molecule has 0 spiro atoms. The Morgan fingerprint density at radius 3 is 2.93 bits per heavy atom. The second-order valence-corrected chi connectivity index (χ2v) is 8.75. The third kappa shape index (κ3) is 4.18. The lowest BCUT2D eigenvalue weighted by Crippen LogP contribution is -2.43. The molecule has 3 rings (SSSR count). The molecule has 27 heavy (non-hydrogen) atoms. The number of carbonyl (C=O) groups is 2. The van der Waals surface area contributed by atoms with Crippen molar-refractivity contribution in [3.05, 3.63) is 24.3 Å². The highest BCUT2D eigenvalue weighted by Gasteiger charge is 2.55. The fourth-order valence-electron chi connectivity index (χ4n) is 4.20. The van der Waals surface area contributed by atoms with E-state index in [1.165, 1.54) is 0 Å². The molecule has 2 N–H and O–H groups in total. The van der Waals surface area contributed by atoms with Crippen LogP contribution in [0.25, 0.3) is 0 Å². The van der Waals surface area contributed by atoms with Gasteiger partial charge in [-0.3, -0.25) is 4.79 Å². The molecule has 1 aliphatic heterocycles. The number of likely N-dealkylation sites (tertiary alicyclic amines) is 1. The zero-order valence-corrected chi connectivity index (χ0v) is 16.8. The van der Waals surface area contributed by atoms with Crippen LogP contribution in [0, 0.1) is 17.3 Å². The zero-order valence-electron chi connectivity index (χ0n) is 15.9. The number of carboxylic acids is 1. The number of carboxylic acid groups (broad SMARTS) is 1. The highest BCUT2D eigenvalue weighted by Crippen LogP contribution is 2.48. The van der Waals surface area contributed by atoms with Crippen LogP contribution in [0.4, 0.5) is 4.79 Å². The van der Waals surface area contributed by atoms with Gasteiger partial charge in [0.15, 0.2) is 0 Å². The van der Waals surface area contributed by atoms with Gasteiger partial charge < -0.3 is 20.1 Å². The summed E-state index contributed by atoms with van der Waals surface area (Å²) in [4.78, 5) is 27.0. The minimum atomic E-state index is -0.748. The Hall–Kier alpha value is -1.89. The number of methoxy groups -OCH3 is 1. The molecule has 1 heterocycles. The first-order valence-corrected chi connectivity index (χ1v) is 10.5. The summed E-state index contributed by atoms with van der Waals surface area (Å²) in [6.07, 6.45) is 2.54. The van der Waals surface area contributed by atoms with Crippen LogP contribution < -0.4 is 10.1 Å². The molecule has 1 saturated carbocycles. The number of para-hydroxylation sites is 1. The van der Waals surface area contributed by atoms with E-state index in [0.29, 0.717) is 32.0 Å². The summed E-state index contributed by atoms with van der Waals surface area (Å²) in [6.45, 7) is 3.56. The molecule has 7 heteroatoms. The Morgan fingerprint density at radius 2 is 2.22 bits per heavy atom. The molecule has 1 aromatic rings. The molecule has 1 saturated heterocycles. The summed E-state index contributed by atoms with van der Waals surface area (Å²) in [7, 11) is 1.67. The summed E-state index contributed by atoms with van der Waals surface area (Å²) in [5.41, 5.74) is -0.720. The van der Waals surface area contributed by atoms with E-state index in [4.69, 9.17) is 4.74 Å². The predicted molar refractivity (Wildman–Crippen MR) is 105 cm³/mol. The van der Waals surface area contributed by atoms with E-state index in [1.54, 1.807) is 23.8 Å². The highest BCUT2D eigenvalue weighted by molar-refractivity contribution is 7.99. The molecule has 0 bridgehead atoms. The van der Waals surface area contributed by atoms with Crippen LogP contribution >= 0.6 is 11.8 Å². The van der Waals surface area contributed by atoms with Crippen molar-refractivity contribution in [2.24, 2.45) is 17.3 Å². The van der Waals surface area contributed by atoms with E-state index in [9.17, 15) is 14.7 Å². The number of hydrogen-bond donors (Lipinski definition) is 2. The van der Waals surface area contributed by atoms with Crippen molar-refractivity contribution in [3.63, 3.8) is 0 Å². The van der Waals surface area contributed by atoms with Crippen molar-refractivity contribution < 1.29 is 19.4 Å². The number of hydrogen-bond acceptors (Lipinski definition) is 4. The first-order valence-electron chi connectivity index (χ1n) is 9.48. The third-order valence-corrected chi connectivity index (χ3v) is 7.16. The van der Waals surface area contributed by atoms with Gasteiger partial charge in [0.25, 0.3) is 0 Å². The fraction of sp³-hybridized carbons (Fsp3) is 0.600. The molecule has 3 atom stereocenters. The number of ether oxygens (including phenoxy) is 1. The molecule has 2 fully saturated rings. The van der Waals surface area contributed by atoms with Crippen LogP contribution in [0.15, 0.2) is 29.2 Å². The molecule has 2 aliphatic rings. The number of thioether (sulfide) groups is 1. The molecule has 2 amide bonds. The van der Waals surface area contributed by atoms with E-state index < -0.39 is 11.4 Å². The Kier molecular flexibility index (Phi) is 6.19. The Labute approximate surface area is 164 Å². The van der Waals surface area contributed by atoms with Gasteiger partial charge in [0.1, 0.15) is 5.75 Å². The molecule has 1 aromatic carbocycles. The summed E-state index contributed by atoms with van der Waals surface area (Å²) in [5, 5.41) is 12.6. The minimum Gasteiger partial charge on any atom is -0.496 e. The summed E-state index contributed by atoms with van der Waals surface area (Å²) < 4.78 is 5.36. The van der Waals surface area contributed by atoms with E-state index in [2.05, 4.69) is 12.2 Å². The van der Waals surface area contributed by atoms with E-state index in [0.717, 1.165) is 29.2 Å². The van der Waals surface area contributed by atoms with Gasteiger partial charge >= 0.3 is 12.0 Å². The normalized spacial score (nSPS) is 25.1. The van der Waals surface area contributed by atoms with Crippen molar-refractivity contribution in [2.75, 3.05) is 32.5 Å². The van der Waals surface area contributed by atoms with E-state index in [1.807, 2.05) is 24.3 Å². The fourth-order valence-corrected chi connectivity index (χ4v) is 5.25. The SMILES string of the molecule is COc1ccccc1SCC(C)CNC(=O)N1C[C@@H]2CCC[C@@]2(C(=O)O)C1. The number of amides is 2. The number of benzene rings is 1. The minimum absolute atomic E-state index is 0.0966. The average molecular weight is 393 g/mol. The van der Waals surface area contributed by atoms with Gasteiger partial charge in [-0.25, -0.2) is 4.79 Å². The number of nitrogens with zero attached hydrogens (tertiary/aromatic N) is 1.